The van der Waals surface area contributed by atoms with Gasteiger partial charge in [0.15, 0.2) is 0 Å². The second kappa shape index (κ2) is 5.83. The molecule has 0 aliphatic rings. The first-order valence-electron chi connectivity index (χ1n) is 5.48. The number of hydrogen-bond acceptors (Lipinski definition) is 3. The first kappa shape index (κ1) is 14.2. The highest BCUT2D eigenvalue weighted by molar-refractivity contribution is 6.30. The molecule has 0 heterocycles. The molecule has 0 bridgehead atoms. The Kier molecular flexibility index (Phi) is 4.14. The molecule has 2 aromatic carbocycles. The molecule has 0 aliphatic carbocycles. The van der Waals surface area contributed by atoms with E-state index in [-0.39, 0.29) is 11.6 Å². The maximum Gasteiger partial charge on any atom is 0.304 e. The number of ether oxygens (including phenoxy) is 1. The summed E-state index contributed by atoms with van der Waals surface area (Å²) in [5.74, 6) is -1.19. The SMILES string of the molecule is O=[N+]([O-])c1ccc(COc2ccc(F)c(Cl)c2)cc1F. The van der Waals surface area contributed by atoms with E-state index in [1.54, 1.807) is 0 Å². The Morgan fingerprint density at radius 1 is 1.15 bits per heavy atom. The molecule has 2 aromatic rings. The molecular formula is C13H8ClF2NO3. The molecule has 0 radical (unpaired) electrons. The van der Waals surface area contributed by atoms with Crippen LogP contribution in [0.15, 0.2) is 36.4 Å². The van der Waals surface area contributed by atoms with Gasteiger partial charge in [0.2, 0.25) is 5.82 Å². The van der Waals surface area contributed by atoms with Gasteiger partial charge >= 0.3 is 5.69 Å². The Morgan fingerprint density at radius 3 is 2.50 bits per heavy atom. The Morgan fingerprint density at radius 2 is 1.90 bits per heavy atom. The summed E-state index contributed by atoms with van der Waals surface area (Å²) in [5.41, 5.74) is -0.188. The molecule has 4 nitrogen and oxygen atoms in total. The van der Waals surface area contributed by atoms with Crippen molar-refractivity contribution in [3.05, 3.63) is 68.7 Å². The molecule has 7 heteroatoms. The van der Waals surface area contributed by atoms with Crippen LogP contribution < -0.4 is 4.74 Å². The van der Waals surface area contributed by atoms with E-state index in [9.17, 15) is 18.9 Å². The number of halogens is 3. The van der Waals surface area contributed by atoms with Gasteiger partial charge in [0.05, 0.1) is 9.95 Å². The number of nitro benzene ring substituents is 1. The normalized spacial score (nSPS) is 10.3. The molecule has 104 valence electrons. The van der Waals surface area contributed by atoms with Crippen molar-refractivity contribution in [3.63, 3.8) is 0 Å². The van der Waals surface area contributed by atoms with Crippen LogP contribution in [0, 0.1) is 21.7 Å². The van der Waals surface area contributed by atoms with E-state index in [0.717, 1.165) is 18.2 Å². The number of hydrogen-bond donors (Lipinski definition) is 0. The summed E-state index contributed by atoms with van der Waals surface area (Å²) in [7, 11) is 0. The summed E-state index contributed by atoms with van der Waals surface area (Å²) in [5, 5.41) is 10.4. The number of nitrogens with zero attached hydrogens (tertiary/aromatic N) is 1. The van der Waals surface area contributed by atoms with Crippen molar-refractivity contribution in [2.24, 2.45) is 0 Å². The quantitative estimate of drug-likeness (QED) is 0.630. The summed E-state index contributed by atoms with van der Waals surface area (Å²) < 4.78 is 31.6. The molecule has 0 atom stereocenters. The van der Waals surface area contributed by atoms with Crippen LogP contribution in [0.4, 0.5) is 14.5 Å². The summed E-state index contributed by atoms with van der Waals surface area (Å²) in [6, 6.07) is 7.27. The van der Waals surface area contributed by atoms with Crippen LogP contribution in [-0.4, -0.2) is 4.92 Å². The second-order valence-corrected chi connectivity index (χ2v) is 4.31. The third-order valence-electron chi connectivity index (χ3n) is 2.51. The van der Waals surface area contributed by atoms with Crippen LogP contribution in [0.2, 0.25) is 5.02 Å². The first-order valence-corrected chi connectivity index (χ1v) is 5.86. The molecule has 0 unspecified atom stereocenters. The number of rotatable bonds is 4. The monoisotopic (exact) mass is 299 g/mol. The van der Waals surface area contributed by atoms with Crippen molar-refractivity contribution >= 4 is 17.3 Å². The Hall–Kier alpha value is -2.21. The lowest BCUT2D eigenvalue weighted by Gasteiger charge is -2.07. The summed E-state index contributed by atoms with van der Waals surface area (Å²) in [6.07, 6.45) is 0. The molecule has 0 fully saturated rings. The van der Waals surface area contributed by atoms with Crippen LogP contribution in [0.25, 0.3) is 0 Å². The van der Waals surface area contributed by atoms with Gasteiger partial charge in [0, 0.05) is 12.1 Å². The van der Waals surface area contributed by atoms with Gasteiger partial charge in [0.1, 0.15) is 18.2 Å². The van der Waals surface area contributed by atoms with Gasteiger partial charge < -0.3 is 4.74 Å². The highest BCUT2D eigenvalue weighted by atomic mass is 35.5. The molecule has 0 aromatic heterocycles. The van der Waals surface area contributed by atoms with Gasteiger partial charge in [-0.05, 0) is 29.8 Å². The van der Waals surface area contributed by atoms with Crippen molar-refractivity contribution in [2.75, 3.05) is 0 Å². The average Bonchev–Trinajstić information content (AvgIpc) is 2.40. The van der Waals surface area contributed by atoms with Gasteiger partial charge in [-0.15, -0.1) is 0 Å². The van der Waals surface area contributed by atoms with E-state index in [0.29, 0.717) is 11.3 Å². The number of nitro groups is 1. The molecule has 0 saturated heterocycles. The Labute approximate surface area is 117 Å². The first-order chi connectivity index (χ1) is 9.47. The second-order valence-electron chi connectivity index (χ2n) is 3.91. The lowest BCUT2D eigenvalue weighted by Crippen LogP contribution is -1.98. The highest BCUT2D eigenvalue weighted by Crippen LogP contribution is 2.23. The van der Waals surface area contributed by atoms with Crippen molar-refractivity contribution in [2.45, 2.75) is 6.61 Å². The standard InChI is InChI=1S/C13H8ClF2NO3/c14-10-6-9(2-3-11(10)15)20-7-8-1-4-13(17(18)19)12(16)5-8/h1-6H,7H2. The van der Waals surface area contributed by atoms with E-state index >= 15 is 0 Å². The van der Waals surface area contributed by atoms with E-state index in [1.165, 1.54) is 18.2 Å². The predicted octanol–water partition coefficient (Wildman–Crippen LogP) is 4.11. The molecule has 0 amide bonds. The fourth-order valence-electron chi connectivity index (χ4n) is 1.52. The smallest absolute Gasteiger partial charge is 0.304 e. The lowest BCUT2D eigenvalue weighted by atomic mass is 10.2. The van der Waals surface area contributed by atoms with Gasteiger partial charge in [-0.2, -0.15) is 4.39 Å². The zero-order chi connectivity index (χ0) is 14.7. The topological polar surface area (TPSA) is 52.4 Å². The maximum atomic E-state index is 13.4. The van der Waals surface area contributed by atoms with E-state index in [2.05, 4.69) is 0 Å². The van der Waals surface area contributed by atoms with Crippen LogP contribution in [0.3, 0.4) is 0 Å². The maximum absolute atomic E-state index is 13.4. The van der Waals surface area contributed by atoms with E-state index in [1.807, 2.05) is 0 Å². The summed E-state index contributed by atoms with van der Waals surface area (Å²) >= 11 is 5.59. The molecule has 0 saturated carbocycles. The molecule has 2 rings (SSSR count). The van der Waals surface area contributed by atoms with Crippen molar-refractivity contribution in [3.8, 4) is 5.75 Å². The fraction of sp³-hybridized carbons (Fsp3) is 0.0769. The molecule has 0 N–H and O–H groups in total. The predicted molar refractivity (Wildman–Crippen MR) is 68.8 cm³/mol. The summed E-state index contributed by atoms with van der Waals surface area (Å²) in [6.45, 7) is -0.0170. The van der Waals surface area contributed by atoms with Crippen molar-refractivity contribution in [1.29, 1.82) is 0 Å². The van der Waals surface area contributed by atoms with Gasteiger partial charge in [-0.3, -0.25) is 10.1 Å². The van der Waals surface area contributed by atoms with Crippen LogP contribution in [0.5, 0.6) is 5.75 Å². The fourth-order valence-corrected chi connectivity index (χ4v) is 1.69. The van der Waals surface area contributed by atoms with Gasteiger partial charge in [-0.25, -0.2) is 4.39 Å². The largest absolute Gasteiger partial charge is 0.489 e. The summed E-state index contributed by atoms with van der Waals surface area (Å²) in [4.78, 5) is 9.66. The average molecular weight is 300 g/mol. The lowest BCUT2D eigenvalue weighted by molar-refractivity contribution is -0.387. The third kappa shape index (κ3) is 3.21. The molecule has 0 aliphatic heterocycles. The highest BCUT2D eigenvalue weighted by Gasteiger charge is 2.13. The molecule has 0 spiro atoms. The zero-order valence-corrected chi connectivity index (χ0v) is 10.7. The third-order valence-corrected chi connectivity index (χ3v) is 2.80. The van der Waals surface area contributed by atoms with Crippen LogP contribution in [0.1, 0.15) is 5.56 Å². The molecule has 20 heavy (non-hydrogen) atoms. The minimum Gasteiger partial charge on any atom is -0.489 e. The number of benzene rings is 2. The minimum absolute atomic E-state index is 0.0170. The van der Waals surface area contributed by atoms with Gasteiger partial charge in [0.25, 0.3) is 0 Å². The Bertz CT molecular complexity index is 664. The van der Waals surface area contributed by atoms with Crippen LogP contribution in [-0.2, 0) is 6.61 Å². The van der Waals surface area contributed by atoms with E-state index < -0.39 is 22.2 Å². The Balaban J connectivity index is 2.09. The van der Waals surface area contributed by atoms with Crippen molar-refractivity contribution in [1.82, 2.24) is 0 Å². The van der Waals surface area contributed by atoms with Crippen LogP contribution >= 0.6 is 11.6 Å². The molecular weight excluding hydrogens is 292 g/mol. The minimum atomic E-state index is -0.937. The van der Waals surface area contributed by atoms with Gasteiger partial charge in [-0.1, -0.05) is 11.6 Å². The van der Waals surface area contributed by atoms with E-state index in [4.69, 9.17) is 16.3 Å². The van der Waals surface area contributed by atoms with Crippen molar-refractivity contribution < 1.29 is 18.4 Å². The zero-order valence-electron chi connectivity index (χ0n) is 9.98.